The number of methoxy groups -OCH3 is 1. The van der Waals surface area contributed by atoms with Crippen LogP contribution < -0.4 is 10.9 Å². The van der Waals surface area contributed by atoms with Gasteiger partial charge in [0.15, 0.2) is 0 Å². The van der Waals surface area contributed by atoms with Crippen LogP contribution in [0.1, 0.15) is 19.3 Å². The van der Waals surface area contributed by atoms with E-state index in [0.29, 0.717) is 22.8 Å². The lowest BCUT2D eigenvalue weighted by Gasteiger charge is -2.15. The van der Waals surface area contributed by atoms with Gasteiger partial charge in [0.05, 0.1) is 30.6 Å². The van der Waals surface area contributed by atoms with Gasteiger partial charge in [0, 0.05) is 11.1 Å². The molecule has 1 fully saturated rings. The van der Waals surface area contributed by atoms with Crippen molar-refractivity contribution < 1.29 is 9.53 Å². The summed E-state index contributed by atoms with van der Waals surface area (Å²) < 4.78 is 6.00. The van der Waals surface area contributed by atoms with Crippen LogP contribution in [0.5, 0.6) is 0 Å². The van der Waals surface area contributed by atoms with Gasteiger partial charge >= 0.3 is 5.97 Å². The van der Waals surface area contributed by atoms with Crippen molar-refractivity contribution in [2.75, 3.05) is 12.4 Å². The topological polar surface area (TPSA) is 73.2 Å². The summed E-state index contributed by atoms with van der Waals surface area (Å²) in [6.07, 6.45) is 3.71. The second-order valence-electron chi connectivity index (χ2n) is 5.94. The van der Waals surface area contributed by atoms with Gasteiger partial charge in [-0.1, -0.05) is 23.2 Å². The van der Waals surface area contributed by atoms with Gasteiger partial charge in [-0.25, -0.2) is 0 Å². The minimum atomic E-state index is -0.420. The number of esters is 1. The highest BCUT2D eigenvalue weighted by Gasteiger charge is 2.31. The standard InChI is InChI=1S/C17H17Cl2N3O3/c1-25-17(24)10-2-5-12(8-10)21-14-9-20-22(16(23)15(14)19)13-6-3-11(18)4-7-13/h3-4,6-7,9-10,12,21H,2,5,8H2,1H3/t10-,12+/m0/s1. The molecule has 25 heavy (non-hydrogen) atoms. The Bertz CT molecular complexity index is 836. The van der Waals surface area contributed by atoms with Crippen molar-refractivity contribution in [3.05, 3.63) is 50.9 Å². The molecule has 132 valence electrons. The fraction of sp³-hybridized carbons (Fsp3) is 0.353. The van der Waals surface area contributed by atoms with E-state index in [0.717, 1.165) is 12.8 Å². The van der Waals surface area contributed by atoms with Crippen molar-refractivity contribution in [1.29, 1.82) is 0 Å². The lowest BCUT2D eigenvalue weighted by molar-refractivity contribution is -0.145. The highest BCUT2D eigenvalue weighted by Crippen LogP contribution is 2.30. The van der Waals surface area contributed by atoms with Gasteiger partial charge in [-0.05, 0) is 43.5 Å². The number of hydrogen-bond acceptors (Lipinski definition) is 5. The molecule has 1 heterocycles. The Balaban J connectivity index is 1.78. The molecule has 2 aromatic rings. The zero-order chi connectivity index (χ0) is 18.0. The van der Waals surface area contributed by atoms with Crippen molar-refractivity contribution in [2.24, 2.45) is 5.92 Å². The molecule has 0 unspecified atom stereocenters. The quantitative estimate of drug-likeness (QED) is 0.822. The van der Waals surface area contributed by atoms with Crippen LogP contribution in [-0.4, -0.2) is 28.9 Å². The van der Waals surface area contributed by atoms with E-state index >= 15 is 0 Å². The molecule has 1 aromatic heterocycles. The molecule has 1 aliphatic rings. The zero-order valence-corrected chi connectivity index (χ0v) is 15.0. The lowest BCUT2D eigenvalue weighted by atomic mass is 10.1. The van der Waals surface area contributed by atoms with Crippen LogP contribution in [0.25, 0.3) is 5.69 Å². The van der Waals surface area contributed by atoms with Crippen LogP contribution >= 0.6 is 23.2 Å². The third-order valence-corrected chi connectivity index (χ3v) is 4.93. The minimum Gasteiger partial charge on any atom is -0.469 e. The van der Waals surface area contributed by atoms with Gasteiger partial charge in [0.1, 0.15) is 5.02 Å². The van der Waals surface area contributed by atoms with E-state index in [1.807, 2.05) is 0 Å². The Kier molecular flexibility index (Phi) is 5.30. The third-order valence-electron chi connectivity index (χ3n) is 4.32. The van der Waals surface area contributed by atoms with Crippen molar-refractivity contribution in [1.82, 2.24) is 9.78 Å². The predicted molar refractivity (Wildman–Crippen MR) is 96.6 cm³/mol. The summed E-state index contributed by atoms with van der Waals surface area (Å²) in [6.45, 7) is 0. The Labute approximate surface area is 154 Å². The first-order valence-electron chi connectivity index (χ1n) is 7.87. The summed E-state index contributed by atoms with van der Waals surface area (Å²) in [5.41, 5.74) is 0.623. The fourth-order valence-electron chi connectivity index (χ4n) is 3.01. The second-order valence-corrected chi connectivity index (χ2v) is 6.75. The van der Waals surface area contributed by atoms with Crippen molar-refractivity contribution in [3.63, 3.8) is 0 Å². The number of aromatic nitrogens is 2. The number of nitrogens with zero attached hydrogens (tertiary/aromatic N) is 2. The molecule has 1 aromatic carbocycles. The molecule has 3 rings (SSSR count). The number of anilines is 1. The van der Waals surface area contributed by atoms with Crippen LogP contribution in [0.15, 0.2) is 35.3 Å². The monoisotopic (exact) mass is 381 g/mol. The number of rotatable bonds is 4. The molecule has 1 aliphatic carbocycles. The normalized spacial score (nSPS) is 19.6. The number of carbonyl (C=O) groups excluding carboxylic acids is 1. The van der Waals surface area contributed by atoms with E-state index in [1.165, 1.54) is 18.0 Å². The highest BCUT2D eigenvalue weighted by atomic mass is 35.5. The number of ether oxygens (including phenoxy) is 1. The average Bonchev–Trinajstić information content (AvgIpc) is 3.08. The first-order valence-corrected chi connectivity index (χ1v) is 8.63. The number of nitrogens with one attached hydrogen (secondary N) is 1. The van der Waals surface area contributed by atoms with Crippen LogP contribution in [-0.2, 0) is 9.53 Å². The highest BCUT2D eigenvalue weighted by molar-refractivity contribution is 6.33. The number of carbonyl (C=O) groups is 1. The molecule has 0 radical (unpaired) electrons. The molecule has 8 heteroatoms. The van der Waals surface area contributed by atoms with Gasteiger partial charge < -0.3 is 10.1 Å². The Hall–Kier alpha value is -2.05. The molecule has 1 saturated carbocycles. The molecule has 0 saturated heterocycles. The van der Waals surface area contributed by atoms with Crippen molar-refractivity contribution in [2.45, 2.75) is 25.3 Å². The van der Waals surface area contributed by atoms with E-state index in [-0.39, 0.29) is 23.0 Å². The van der Waals surface area contributed by atoms with Crippen LogP contribution in [0, 0.1) is 5.92 Å². The van der Waals surface area contributed by atoms with Gasteiger partial charge in [0.25, 0.3) is 5.56 Å². The summed E-state index contributed by atoms with van der Waals surface area (Å²) in [5, 5.41) is 8.02. The van der Waals surface area contributed by atoms with E-state index in [1.54, 1.807) is 24.3 Å². The lowest BCUT2D eigenvalue weighted by Crippen LogP contribution is -2.25. The van der Waals surface area contributed by atoms with Crippen molar-refractivity contribution >= 4 is 34.9 Å². The van der Waals surface area contributed by atoms with E-state index in [2.05, 4.69) is 10.4 Å². The fourth-order valence-corrected chi connectivity index (χ4v) is 3.32. The molecule has 1 N–H and O–H groups in total. The van der Waals surface area contributed by atoms with E-state index in [4.69, 9.17) is 27.9 Å². The minimum absolute atomic E-state index is 0.0502. The molecular weight excluding hydrogens is 365 g/mol. The van der Waals surface area contributed by atoms with Gasteiger partial charge in [-0.3, -0.25) is 9.59 Å². The molecule has 0 aliphatic heterocycles. The zero-order valence-electron chi connectivity index (χ0n) is 13.5. The smallest absolute Gasteiger partial charge is 0.308 e. The maximum absolute atomic E-state index is 12.5. The molecule has 0 bridgehead atoms. The Morgan fingerprint density at radius 3 is 2.68 bits per heavy atom. The van der Waals surface area contributed by atoms with Crippen LogP contribution in [0.4, 0.5) is 5.69 Å². The van der Waals surface area contributed by atoms with Crippen LogP contribution in [0.2, 0.25) is 10.0 Å². The summed E-state index contributed by atoms with van der Waals surface area (Å²) in [6, 6.07) is 6.79. The maximum Gasteiger partial charge on any atom is 0.308 e. The summed E-state index contributed by atoms with van der Waals surface area (Å²) in [7, 11) is 1.39. The van der Waals surface area contributed by atoms with E-state index in [9.17, 15) is 9.59 Å². The Morgan fingerprint density at radius 1 is 1.28 bits per heavy atom. The number of hydrogen-bond donors (Lipinski definition) is 1. The van der Waals surface area contributed by atoms with Gasteiger partial charge in [-0.15, -0.1) is 0 Å². The van der Waals surface area contributed by atoms with E-state index < -0.39 is 5.56 Å². The summed E-state index contributed by atoms with van der Waals surface area (Å²) in [5.74, 6) is -0.324. The molecular formula is C17H17Cl2N3O3. The predicted octanol–water partition coefficient (Wildman–Crippen LogP) is 3.29. The second kappa shape index (κ2) is 7.45. The third kappa shape index (κ3) is 3.80. The number of benzene rings is 1. The SMILES string of the molecule is COC(=O)[C@H]1CC[C@@H](Nc2cnn(-c3ccc(Cl)cc3)c(=O)c2Cl)C1. The molecule has 6 nitrogen and oxygen atoms in total. The molecule has 0 spiro atoms. The summed E-state index contributed by atoms with van der Waals surface area (Å²) in [4.78, 5) is 24.1. The van der Waals surface area contributed by atoms with Crippen molar-refractivity contribution in [3.8, 4) is 5.69 Å². The van der Waals surface area contributed by atoms with Gasteiger partial charge in [-0.2, -0.15) is 9.78 Å². The largest absolute Gasteiger partial charge is 0.469 e. The summed E-state index contributed by atoms with van der Waals surface area (Å²) >= 11 is 12.1. The average molecular weight is 382 g/mol. The Morgan fingerprint density at radius 2 is 2.00 bits per heavy atom. The number of halogens is 2. The van der Waals surface area contributed by atoms with Gasteiger partial charge in [0.2, 0.25) is 0 Å². The molecule has 2 atom stereocenters. The van der Waals surface area contributed by atoms with Crippen LogP contribution in [0.3, 0.4) is 0 Å². The molecule has 0 amide bonds. The maximum atomic E-state index is 12.5. The first-order chi connectivity index (χ1) is 12.0. The first kappa shape index (κ1) is 17.8.